The van der Waals surface area contributed by atoms with Gasteiger partial charge in [0, 0.05) is 63.0 Å². The Morgan fingerprint density at radius 1 is 1.04 bits per heavy atom. The van der Waals surface area contributed by atoms with Crippen molar-refractivity contribution in [1.29, 1.82) is 0 Å². The third-order valence-electron chi connectivity index (χ3n) is 8.37. The molecule has 14 heteroatoms. The smallest absolute Gasteiger partial charge is 0.288 e. The summed E-state index contributed by atoms with van der Waals surface area (Å²) in [5.74, 6) is 2.02. The van der Waals surface area contributed by atoms with Gasteiger partial charge in [-0.3, -0.25) is 9.69 Å². The zero-order valence-electron chi connectivity index (χ0n) is 26.2. The first-order valence-electron chi connectivity index (χ1n) is 15.5. The van der Waals surface area contributed by atoms with E-state index in [2.05, 4.69) is 4.90 Å². The van der Waals surface area contributed by atoms with E-state index in [4.69, 9.17) is 23.7 Å². The Kier molecular flexibility index (Phi) is 10.6. The lowest BCUT2D eigenvalue weighted by atomic mass is 9.99. The minimum atomic E-state index is -3.89. The lowest BCUT2D eigenvalue weighted by Crippen LogP contribution is -2.49. The Hall–Kier alpha value is -3.66. The van der Waals surface area contributed by atoms with E-state index in [9.17, 15) is 18.3 Å². The van der Waals surface area contributed by atoms with E-state index in [0.29, 0.717) is 38.3 Å². The molecule has 6 rings (SSSR count). The number of amides is 1. The molecule has 2 aromatic carbocycles. The largest absolute Gasteiger partial charge is 0.497 e. The fourth-order valence-electron chi connectivity index (χ4n) is 5.82. The summed E-state index contributed by atoms with van der Waals surface area (Å²) in [6.45, 7) is 3.09. The molecule has 4 heterocycles. The number of benzene rings is 2. The predicted molar refractivity (Wildman–Crippen MR) is 174 cm³/mol. The molecule has 0 spiro atoms. The maximum atomic E-state index is 13.7. The van der Waals surface area contributed by atoms with Crippen LogP contribution in [0.2, 0.25) is 0 Å². The number of carbonyl (C=O) groups is 1. The summed E-state index contributed by atoms with van der Waals surface area (Å²) >= 11 is 1.60. The monoisotopic (exact) mass is 685 g/mol. The highest BCUT2D eigenvalue weighted by Gasteiger charge is 2.33. The van der Waals surface area contributed by atoms with Crippen LogP contribution in [0, 0.1) is 0 Å². The third-order valence-corrected chi connectivity index (χ3v) is 11.3. The molecular weight excluding hydrogens is 647 g/mol. The molecule has 47 heavy (non-hydrogen) atoms. The SMILES string of the molecule is COc1ccc(S(=O)(=O)N(CCO)CCO[C@@H]2C[C@H](c3cccs3)C=C(C(=O)N3CCN(Cc4ccc5c(c4)OCO5)CC3)O2)cc1. The molecule has 1 N–H and O–H groups in total. The number of sulfonamides is 1. The van der Waals surface area contributed by atoms with Crippen molar-refractivity contribution in [3.05, 3.63) is 82.3 Å². The molecule has 0 unspecified atom stereocenters. The molecule has 3 aliphatic rings. The van der Waals surface area contributed by atoms with Gasteiger partial charge in [0.1, 0.15) is 5.75 Å². The average molecular weight is 686 g/mol. The molecule has 0 saturated carbocycles. The maximum absolute atomic E-state index is 13.7. The Balaban J connectivity index is 1.06. The summed E-state index contributed by atoms with van der Waals surface area (Å²) in [5.41, 5.74) is 1.13. The Labute approximate surface area is 278 Å². The first kappa shape index (κ1) is 33.2. The van der Waals surface area contributed by atoms with Crippen LogP contribution >= 0.6 is 11.3 Å². The minimum Gasteiger partial charge on any atom is -0.497 e. The highest BCUT2D eigenvalue weighted by atomic mass is 32.2. The number of carbonyl (C=O) groups excluding carboxylic acids is 1. The minimum absolute atomic E-state index is 0.00320. The van der Waals surface area contributed by atoms with Crippen molar-refractivity contribution in [3.8, 4) is 17.2 Å². The normalized spacial score (nSPS) is 19.8. The highest BCUT2D eigenvalue weighted by Crippen LogP contribution is 2.35. The summed E-state index contributed by atoms with van der Waals surface area (Å²) in [5, 5.41) is 11.6. The van der Waals surface area contributed by atoms with E-state index in [0.717, 1.165) is 28.5 Å². The quantitative estimate of drug-likeness (QED) is 0.287. The molecule has 1 fully saturated rings. The second kappa shape index (κ2) is 15.0. The van der Waals surface area contributed by atoms with Gasteiger partial charge in [0.05, 0.1) is 25.2 Å². The third kappa shape index (κ3) is 7.91. The second-order valence-electron chi connectivity index (χ2n) is 11.4. The number of allylic oxidation sites excluding steroid dienone is 1. The fourth-order valence-corrected chi connectivity index (χ4v) is 8.05. The lowest BCUT2D eigenvalue weighted by Gasteiger charge is -2.36. The van der Waals surface area contributed by atoms with E-state index in [1.807, 2.05) is 41.8 Å². The van der Waals surface area contributed by atoms with Gasteiger partial charge in [-0.2, -0.15) is 4.31 Å². The van der Waals surface area contributed by atoms with Gasteiger partial charge < -0.3 is 33.7 Å². The topological polar surface area (TPSA) is 127 Å². The van der Waals surface area contributed by atoms with Crippen molar-refractivity contribution in [2.75, 3.05) is 66.4 Å². The van der Waals surface area contributed by atoms with Crippen molar-refractivity contribution < 1.29 is 42.0 Å². The van der Waals surface area contributed by atoms with Crippen LogP contribution in [0.15, 0.2) is 76.7 Å². The van der Waals surface area contributed by atoms with Crippen LogP contribution in [-0.2, 0) is 30.8 Å². The summed E-state index contributed by atoms with van der Waals surface area (Å²) < 4.78 is 56.1. The highest BCUT2D eigenvalue weighted by molar-refractivity contribution is 7.89. The standard InChI is InChI=1S/C33H39N3O9S2/c1-41-26-5-7-27(8-6-26)47(39,40)36(14-16-37)15-17-42-32-21-25(31-3-2-18-46-31)20-30(45-32)33(38)35-12-10-34(11-13-35)22-24-4-9-28-29(19-24)44-23-43-28/h2-9,18-20,25,32,37H,10-17,21-23H2,1H3/t25-,32+/m1/s1. The zero-order chi connectivity index (χ0) is 32.8. The van der Waals surface area contributed by atoms with E-state index in [1.54, 1.807) is 28.4 Å². The molecule has 0 bridgehead atoms. The number of nitrogens with zero attached hydrogens (tertiary/aromatic N) is 3. The Bertz CT molecular complexity index is 1640. The summed E-state index contributed by atoms with van der Waals surface area (Å²) in [7, 11) is -2.39. The van der Waals surface area contributed by atoms with Gasteiger partial charge in [-0.1, -0.05) is 12.1 Å². The number of piperazine rings is 1. The van der Waals surface area contributed by atoms with Crippen LogP contribution in [-0.4, -0.2) is 106 Å². The number of hydrogen-bond acceptors (Lipinski definition) is 11. The van der Waals surface area contributed by atoms with Gasteiger partial charge in [-0.15, -0.1) is 11.3 Å². The lowest BCUT2D eigenvalue weighted by molar-refractivity contribution is -0.153. The molecule has 1 saturated heterocycles. The maximum Gasteiger partial charge on any atom is 0.288 e. The molecule has 1 amide bonds. The van der Waals surface area contributed by atoms with Crippen LogP contribution in [0.1, 0.15) is 22.8 Å². The number of fused-ring (bicyclic) bond motifs is 1. The summed E-state index contributed by atoms with van der Waals surface area (Å²) in [6, 6.07) is 16.0. The average Bonchev–Trinajstić information content (AvgIpc) is 3.81. The van der Waals surface area contributed by atoms with E-state index in [1.165, 1.54) is 23.5 Å². The predicted octanol–water partition coefficient (Wildman–Crippen LogP) is 3.24. The first-order valence-corrected chi connectivity index (χ1v) is 17.8. The number of hydrogen-bond donors (Lipinski definition) is 1. The first-order chi connectivity index (χ1) is 22.8. The number of thiophene rings is 1. The van der Waals surface area contributed by atoms with Gasteiger partial charge >= 0.3 is 0 Å². The van der Waals surface area contributed by atoms with Gasteiger partial charge in [0.2, 0.25) is 23.1 Å². The molecule has 3 aromatic rings. The van der Waals surface area contributed by atoms with Crippen molar-refractivity contribution in [3.63, 3.8) is 0 Å². The molecule has 252 valence electrons. The number of ether oxygens (including phenoxy) is 5. The van der Waals surface area contributed by atoms with Crippen molar-refractivity contribution in [2.24, 2.45) is 0 Å². The van der Waals surface area contributed by atoms with Crippen LogP contribution in [0.25, 0.3) is 0 Å². The zero-order valence-corrected chi connectivity index (χ0v) is 27.8. The van der Waals surface area contributed by atoms with E-state index < -0.39 is 16.3 Å². The van der Waals surface area contributed by atoms with E-state index in [-0.39, 0.29) is 55.6 Å². The summed E-state index contributed by atoms with van der Waals surface area (Å²) in [4.78, 5) is 19.0. The van der Waals surface area contributed by atoms with Crippen molar-refractivity contribution >= 4 is 27.3 Å². The molecule has 2 atom stereocenters. The molecular formula is C33H39N3O9S2. The van der Waals surface area contributed by atoms with Crippen molar-refractivity contribution in [1.82, 2.24) is 14.1 Å². The van der Waals surface area contributed by atoms with Crippen molar-refractivity contribution in [2.45, 2.75) is 30.1 Å². The van der Waals surface area contributed by atoms with Gasteiger partial charge in [0.25, 0.3) is 5.91 Å². The summed E-state index contributed by atoms with van der Waals surface area (Å²) in [6.07, 6.45) is 1.60. The van der Waals surface area contributed by atoms with E-state index >= 15 is 0 Å². The molecule has 3 aliphatic heterocycles. The Morgan fingerprint density at radius 2 is 1.83 bits per heavy atom. The molecule has 12 nitrogen and oxygen atoms in total. The number of aliphatic hydroxyl groups excluding tert-OH is 1. The van der Waals surface area contributed by atoms with Gasteiger partial charge in [-0.25, -0.2) is 8.42 Å². The molecule has 0 radical (unpaired) electrons. The van der Waals surface area contributed by atoms with Crippen LogP contribution in [0.5, 0.6) is 17.2 Å². The molecule has 1 aromatic heterocycles. The fraction of sp³-hybridized carbons (Fsp3) is 0.424. The van der Waals surface area contributed by atoms with Crippen LogP contribution in [0.3, 0.4) is 0 Å². The number of rotatable bonds is 13. The van der Waals surface area contributed by atoms with Crippen LogP contribution in [0.4, 0.5) is 0 Å². The number of aliphatic hydroxyl groups is 1. The van der Waals surface area contributed by atoms with Gasteiger partial charge in [0.15, 0.2) is 17.3 Å². The number of methoxy groups -OCH3 is 1. The van der Waals surface area contributed by atoms with Gasteiger partial charge in [-0.05, 0) is 59.5 Å². The van der Waals surface area contributed by atoms with Crippen LogP contribution < -0.4 is 14.2 Å². The molecule has 0 aliphatic carbocycles. The Morgan fingerprint density at radius 3 is 2.55 bits per heavy atom. The second-order valence-corrected chi connectivity index (χ2v) is 14.3.